The molecule has 2 amide bonds. The van der Waals surface area contributed by atoms with Gasteiger partial charge in [0.05, 0.1) is 5.92 Å². The first kappa shape index (κ1) is 36.7. The molecule has 0 saturated carbocycles. The lowest BCUT2D eigenvalue weighted by Gasteiger charge is -2.43. The second-order valence-electron chi connectivity index (χ2n) is 12.1. The fourth-order valence-corrected chi connectivity index (χ4v) is 4.29. The van der Waals surface area contributed by atoms with E-state index in [9.17, 15) is 41.8 Å². The molecular formula is C28H42F4N2O8. The Morgan fingerprint density at radius 3 is 1.95 bits per heavy atom. The first-order valence-electron chi connectivity index (χ1n) is 13.5. The fourth-order valence-electron chi connectivity index (χ4n) is 4.29. The van der Waals surface area contributed by atoms with Gasteiger partial charge in [0, 0.05) is 32.3 Å². The molecule has 0 spiro atoms. The Morgan fingerprint density at radius 1 is 0.952 bits per heavy atom. The number of halogens is 4. The van der Waals surface area contributed by atoms with Crippen molar-refractivity contribution < 1.29 is 56.1 Å². The summed E-state index contributed by atoms with van der Waals surface area (Å²) < 4.78 is 66.9. The highest BCUT2D eigenvalue weighted by atomic mass is 19.3. The Kier molecular flexibility index (Phi) is 12.9. The predicted molar refractivity (Wildman–Crippen MR) is 144 cm³/mol. The Bertz CT molecular complexity index is 1020. The van der Waals surface area contributed by atoms with E-state index in [0.29, 0.717) is 31.5 Å². The number of carbonyl (C=O) groups excluding carboxylic acids is 3. The lowest BCUT2D eigenvalue weighted by atomic mass is 9.74. The maximum absolute atomic E-state index is 14.0. The number of amides is 2. The van der Waals surface area contributed by atoms with Crippen molar-refractivity contribution in [3.63, 3.8) is 0 Å². The number of aliphatic carboxylic acids is 1. The number of alkyl halides is 2. The number of carbonyl (C=O) groups is 4. The third kappa shape index (κ3) is 11.2. The highest BCUT2D eigenvalue weighted by molar-refractivity contribution is 5.79. The van der Waals surface area contributed by atoms with Gasteiger partial charge >= 0.3 is 24.1 Å². The third-order valence-electron chi connectivity index (χ3n) is 6.32. The van der Waals surface area contributed by atoms with Crippen LogP contribution >= 0.6 is 0 Å². The molecule has 10 nitrogen and oxygen atoms in total. The quantitative estimate of drug-likeness (QED) is 0.172. The number of hydrogen-bond acceptors (Lipinski definition) is 7. The number of likely N-dealkylation sites (tertiary alicyclic amines) is 2. The van der Waals surface area contributed by atoms with Crippen LogP contribution in [0.15, 0.2) is 24.8 Å². The molecule has 2 unspecified atom stereocenters. The number of nitrogens with zero attached hydrogens (tertiary/aromatic N) is 2. The lowest BCUT2D eigenvalue weighted by molar-refractivity contribution is -0.177. The number of rotatable bonds is 6. The van der Waals surface area contributed by atoms with Gasteiger partial charge in [-0.05, 0) is 73.3 Å². The van der Waals surface area contributed by atoms with E-state index in [-0.39, 0.29) is 25.9 Å². The molecule has 0 aromatic heterocycles. The summed E-state index contributed by atoms with van der Waals surface area (Å²) in [5.41, 5.74) is -3.74. The van der Waals surface area contributed by atoms with E-state index in [1.807, 2.05) is 0 Å². The summed E-state index contributed by atoms with van der Waals surface area (Å²) in [6.45, 7) is 13.1. The number of hydrogen-bond donors (Lipinski definition) is 1. The molecule has 240 valence electrons. The van der Waals surface area contributed by atoms with Gasteiger partial charge in [0.1, 0.15) is 17.8 Å². The van der Waals surface area contributed by atoms with Crippen LogP contribution in [0.4, 0.5) is 27.2 Å². The van der Waals surface area contributed by atoms with Gasteiger partial charge in [-0.15, -0.1) is 0 Å². The van der Waals surface area contributed by atoms with Gasteiger partial charge in [-0.2, -0.15) is 8.78 Å². The van der Waals surface area contributed by atoms with Gasteiger partial charge in [-0.25, -0.2) is 18.4 Å². The molecular weight excluding hydrogens is 568 g/mol. The van der Waals surface area contributed by atoms with Crippen molar-refractivity contribution in [2.24, 2.45) is 11.3 Å². The van der Waals surface area contributed by atoms with Crippen LogP contribution < -0.4 is 0 Å². The van der Waals surface area contributed by atoms with Crippen LogP contribution in [0.25, 0.3) is 0 Å². The first-order chi connectivity index (χ1) is 19.1. The summed E-state index contributed by atoms with van der Waals surface area (Å²) in [5, 5.41) is 9.28. The van der Waals surface area contributed by atoms with Gasteiger partial charge in [-0.3, -0.25) is 9.59 Å². The number of carboxylic acids is 1. The summed E-state index contributed by atoms with van der Waals surface area (Å²) in [7, 11) is 0. The zero-order valence-corrected chi connectivity index (χ0v) is 25.0. The van der Waals surface area contributed by atoms with E-state index in [0.717, 1.165) is 4.90 Å². The molecule has 0 aromatic carbocycles. The minimum absolute atomic E-state index is 0.162. The molecule has 0 aliphatic carbocycles. The Labute approximate surface area is 243 Å². The molecule has 0 radical (unpaired) electrons. The van der Waals surface area contributed by atoms with E-state index < -0.39 is 71.8 Å². The molecule has 2 fully saturated rings. The highest BCUT2D eigenvalue weighted by Gasteiger charge is 2.60. The summed E-state index contributed by atoms with van der Waals surface area (Å²) in [4.78, 5) is 49.6. The van der Waals surface area contributed by atoms with E-state index in [1.165, 1.54) is 4.90 Å². The van der Waals surface area contributed by atoms with Crippen LogP contribution in [0.5, 0.6) is 0 Å². The molecule has 0 aromatic rings. The topological polar surface area (TPSA) is 123 Å². The van der Waals surface area contributed by atoms with Crippen LogP contribution in [0.2, 0.25) is 0 Å². The van der Waals surface area contributed by atoms with Crippen molar-refractivity contribution in [2.75, 3.05) is 32.8 Å². The first-order valence-corrected chi connectivity index (χ1v) is 13.5. The van der Waals surface area contributed by atoms with E-state index in [2.05, 4.69) is 6.58 Å². The van der Waals surface area contributed by atoms with Crippen molar-refractivity contribution in [1.29, 1.82) is 0 Å². The van der Waals surface area contributed by atoms with E-state index >= 15 is 0 Å². The maximum atomic E-state index is 14.0. The third-order valence-corrected chi connectivity index (χ3v) is 6.32. The van der Waals surface area contributed by atoms with Gasteiger partial charge < -0.3 is 29.1 Å². The number of esters is 1. The van der Waals surface area contributed by atoms with Crippen LogP contribution in [0.1, 0.15) is 67.2 Å². The van der Waals surface area contributed by atoms with Crippen molar-refractivity contribution >= 4 is 24.1 Å². The molecule has 1 N–H and O–H groups in total. The Hall–Kier alpha value is -3.32. The van der Waals surface area contributed by atoms with Crippen molar-refractivity contribution in [2.45, 2.75) is 84.4 Å². The standard InChI is InChI=1S/2C14H21F2NO4/c1-14(2,3)21-13(19)17-7-4-5-10(9-17)12(18)20-8-6-11(15)16;1-5-14(15,16)13(10(18)19)7-6-8-17(9-13)11(20)21-12(2,3)4/h6,10H,4-5,7-9H2,1-3H3;5H,1,6-9H2,2-4H3,(H,18,19). The smallest absolute Gasteiger partial charge is 0.410 e. The summed E-state index contributed by atoms with van der Waals surface area (Å²) in [6, 6.07) is 0. The molecule has 0 bridgehead atoms. The summed E-state index contributed by atoms with van der Waals surface area (Å²) in [5.74, 6) is -6.32. The molecule has 2 heterocycles. The van der Waals surface area contributed by atoms with Gasteiger partial charge in [0.25, 0.3) is 12.0 Å². The predicted octanol–water partition coefficient (Wildman–Crippen LogP) is 5.87. The number of piperidine rings is 2. The minimum Gasteiger partial charge on any atom is -0.481 e. The summed E-state index contributed by atoms with van der Waals surface area (Å²) >= 11 is 0. The maximum Gasteiger partial charge on any atom is 0.410 e. The molecule has 14 heteroatoms. The van der Waals surface area contributed by atoms with E-state index in [4.69, 9.17) is 14.2 Å². The van der Waals surface area contributed by atoms with Gasteiger partial charge in [0.15, 0.2) is 5.41 Å². The zero-order valence-electron chi connectivity index (χ0n) is 25.0. The molecule has 2 rings (SSSR count). The average molecular weight is 611 g/mol. The molecule has 2 aliphatic heterocycles. The SMILES string of the molecule is C=CC(F)(F)C1(C(=O)O)CCCN(C(=O)OC(C)(C)C)C1.CC(C)(C)OC(=O)N1CCCC(C(=O)OCC=C(F)F)C1. The fraction of sp³-hybridized carbons (Fsp3) is 0.714. The molecule has 2 aliphatic rings. The normalized spacial score (nSPS) is 21.2. The number of allylic oxidation sites excluding steroid dienone is 1. The largest absolute Gasteiger partial charge is 0.481 e. The molecule has 2 saturated heterocycles. The number of carboxylic acid groups (broad SMARTS) is 1. The van der Waals surface area contributed by atoms with Crippen molar-refractivity contribution in [3.05, 3.63) is 24.8 Å². The van der Waals surface area contributed by atoms with Gasteiger partial charge in [-0.1, -0.05) is 6.58 Å². The second kappa shape index (κ2) is 14.7. The Morgan fingerprint density at radius 2 is 1.48 bits per heavy atom. The Balaban J connectivity index is 0.000000420. The highest BCUT2D eigenvalue weighted by Crippen LogP contribution is 2.45. The minimum atomic E-state index is -3.61. The van der Waals surface area contributed by atoms with Crippen LogP contribution in [-0.4, -0.2) is 88.9 Å². The van der Waals surface area contributed by atoms with Crippen LogP contribution in [-0.2, 0) is 23.8 Å². The average Bonchev–Trinajstić information content (AvgIpc) is 2.86. The van der Waals surface area contributed by atoms with E-state index in [1.54, 1.807) is 41.5 Å². The number of ether oxygens (including phenoxy) is 3. The second-order valence-corrected chi connectivity index (χ2v) is 12.1. The van der Waals surface area contributed by atoms with Crippen LogP contribution in [0.3, 0.4) is 0 Å². The van der Waals surface area contributed by atoms with Crippen molar-refractivity contribution in [3.8, 4) is 0 Å². The molecule has 2 atom stereocenters. The van der Waals surface area contributed by atoms with Gasteiger partial charge in [0.2, 0.25) is 0 Å². The molecule has 42 heavy (non-hydrogen) atoms. The monoisotopic (exact) mass is 610 g/mol. The summed E-state index contributed by atoms with van der Waals surface area (Å²) in [6.07, 6.45) is -1.13. The van der Waals surface area contributed by atoms with Crippen molar-refractivity contribution in [1.82, 2.24) is 9.80 Å². The lowest BCUT2D eigenvalue weighted by Crippen LogP contribution is -2.58. The zero-order chi connectivity index (χ0) is 32.5. The van der Waals surface area contributed by atoms with Crippen LogP contribution in [0, 0.1) is 11.3 Å².